The molecule has 1 aromatic carbocycles. The van der Waals surface area contributed by atoms with Crippen molar-refractivity contribution in [3.05, 3.63) is 29.8 Å². The summed E-state index contributed by atoms with van der Waals surface area (Å²) in [5.41, 5.74) is 1.11. The summed E-state index contributed by atoms with van der Waals surface area (Å²) in [6.45, 7) is 4.41. The fraction of sp³-hybridized carbons (Fsp3) is 0.455. The van der Waals surface area contributed by atoms with Gasteiger partial charge in [0.2, 0.25) is 10.0 Å². The standard InChI is InChI=1S/C11H18N2O3S/c1-9(2)10-3-5-11(6-4-10)17(14,15)13-7-8-16-12/h3-6,9,13H,7-8,12H2,1-2H3. The first kappa shape index (κ1) is 14.1. The van der Waals surface area contributed by atoms with E-state index in [1.165, 1.54) is 0 Å². The van der Waals surface area contributed by atoms with Gasteiger partial charge in [-0.05, 0) is 23.6 Å². The van der Waals surface area contributed by atoms with Gasteiger partial charge in [0.05, 0.1) is 11.5 Å². The van der Waals surface area contributed by atoms with Crippen LogP contribution in [0, 0.1) is 0 Å². The summed E-state index contributed by atoms with van der Waals surface area (Å²) in [4.78, 5) is 4.55. The van der Waals surface area contributed by atoms with Crippen molar-refractivity contribution < 1.29 is 13.3 Å². The molecule has 6 heteroatoms. The molecule has 17 heavy (non-hydrogen) atoms. The van der Waals surface area contributed by atoms with Gasteiger partial charge < -0.3 is 4.84 Å². The molecule has 1 rings (SSSR count). The Morgan fingerprint density at radius 3 is 2.35 bits per heavy atom. The lowest BCUT2D eigenvalue weighted by Crippen LogP contribution is -2.28. The number of nitrogens with one attached hydrogen (secondary N) is 1. The van der Waals surface area contributed by atoms with Crippen LogP contribution < -0.4 is 10.6 Å². The number of nitrogens with two attached hydrogens (primary N) is 1. The molecule has 0 heterocycles. The molecule has 1 aromatic rings. The molecule has 0 aliphatic rings. The summed E-state index contributed by atoms with van der Waals surface area (Å²) in [6, 6.07) is 6.83. The molecule has 0 bridgehead atoms. The van der Waals surface area contributed by atoms with Crippen LogP contribution in [0.1, 0.15) is 25.3 Å². The zero-order valence-corrected chi connectivity index (χ0v) is 10.8. The molecule has 0 atom stereocenters. The van der Waals surface area contributed by atoms with Crippen LogP contribution in [0.15, 0.2) is 29.2 Å². The topological polar surface area (TPSA) is 81.4 Å². The second kappa shape index (κ2) is 6.11. The monoisotopic (exact) mass is 258 g/mol. The maximum Gasteiger partial charge on any atom is 0.240 e. The predicted molar refractivity (Wildman–Crippen MR) is 65.9 cm³/mol. The molecule has 5 nitrogen and oxygen atoms in total. The van der Waals surface area contributed by atoms with Crippen LogP contribution in [0.4, 0.5) is 0 Å². The minimum atomic E-state index is -3.46. The molecular weight excluding hydrogens is 240 g/mol. The number of hydrogen-bond acceptors (Lipinski definition) is 4. The Balaban J connectivity index is 2.78. The molecule has 0 unspecified atom stereocenters. The van der Waals surface area contributed by atoms with Gasteiger partial charge in [0.15, 0.2) is 0 Å². The lowest BCUT2D eigenvalue weighted by molar-refractivity contribution is 0.143. The maximum absolute atomic E-state index is 11.8. The molecule has 0 radical (unpaired) electrons. The molecular formula is C11H18N2O3S. The van der Waals surface area contributed by atoms with E-state index in [2.05, 4.69) is 23.4 Å². The predicted octanol–water partition coefficient (Wildman–Crippen LogP) is 0.979. The van der Waals surface area contributed by atoms with E-state index in [-0.39, 0.29) is 18.0 Å². The summed E-state index contributed by atoms with van der Waals surface area (Å²) < 4.78 is 26.0. The number of benzene rings is 1. The van der Waals surface area contributed by atoms with Crippen LogP contribution in [0.2, 0.25) is 0 Å². The highest BCUT2D eigenvalue weighted by Gasteiger charge is 2.13. The SMILES string of the molecule is CC(C)c1ccc(S(=O)(=O)NCCON)cc1. The molecule has 0 spiro atoms. The van der Waals surface area contributed by atoms with Crippen molar-refractivity contribution in [3.63, 3.8) is 0 Å². The van der Waals surface area contributed by atoms with Crippen molar-refractivity contribution in [1.29, 1.82) is 0 Å². The molecule has 0 fully saturated rings. The first-order valence-corrected chi connectivity index (χ1v) is 6.87. The van der Waals surface area contributed by atoms with Crippen LogP contribution in [-0.2, 0) is 14.9 Å². The highest BCUT2D eigenvalue weighted by atomic mass is 32.2. The second-order valence-electron chi connectivity index (χ2n) is 3.99. The molecule has 0 saturated heterocycles. The van der Waals surface area contributed by atoms with Gasteiger partial charge in [0, 0.05) is 6.54 Å². The lowest BCUT2D eigenvalue weighted by Gasteiger charge is -2.08. The van der Waals surface area contributed by atoms with Crippen LogP contribution in [-0.4, -0.2) is 21.6 Å². The fourth-order valence-corrected chi connectivity index (χ4v) is 2.36. The van der Waals surface area contributed by atoms with Crippen molar-refractivity contribution in [2.45, 2.75) is 24.7 Å². The van der Waals surface area contributed by atoms with E-state index in [0.29, 0.717) is 5.92 Å². The van der Waals surface area contributed by atoms with E-state index in [9.17, 15) is 8.42 Å². The normalized spacial score (nSPS) is 12.0. The van der Waals surface area contributed by atoms with Crippen molar-refractivity contribution in [3.8, 4) is 0 Å². The van der Waals surface area contributed by atoms with Gasteiger partial charge in [0.25, 0.3) is 0 Å². The van der Waals surface area contributed by atoms with E-state index in [1.54, 1.807) is 12.1 Å². The first-order chi connectivity index (χ1) is 7.97. The van der Waals surface area contributed by atoms with Crippen LogP contribution in [0.5, 0.6) is 0 Å². The summed E-state index contributed by atoms with van der Waals surface area (Å²) in [5.74, 6) is 5.19. The summed E-state index contributed by atoms with van der Waals surface area (Å²) in [7, 11) is -3.46. The Morgan fingerprint density at radius 1 is 1.29 bits per heavy atom. The minimum absolute atomic E-state index is 0.142. The van der Waals surface area contributed by atoms with Crippen molar-refractivity contribution in [1.82, 2.24) is 4.72 Å². The maximum atomic E-state index is 11.8. The Morgan fingerprint density at radius 2 is 1.88 bits per heavy atom. The van der Waals surface area contributed by atoms with Crippen molar-refractivity contribution in [2.24, 2.45) is 5.90 Å². The fourth-order valence-electron chi connectivity index (χ4n) is 1.35. The van der Waals surface area contributed by atoms with E-state index in [4.69, 9.17) is 5.90 Å². The molecule has 3 N–H and O–H groups in total. The summed E-state index contributed by atoms with van der Waals surface area (Å²) in [5, 5.41) is 0. The van der Waals surface area contributed by atoms with E-state index >= 15 is 0 Å². The van der Waals surface area contributed by atoms with Crippen molar-refractivity contribution >= 4 is 10.0 Å². The van der Waals surface area contributed by atoms with Gasteiger partial charge >= 0.3 is 0 Å². The third-order valence-electron chi connectivity index (χ3n) is 2.37. The van der Waals surface area contributed by atoms with Crippen LogP contribution in [0.25, 0.3) is 0 Å². The Labute approximate surface area is 102 Å². The second-order valence-corrected chi connectivity index (χ2v) is 5.76. The Bertz CT molecular complexity index is 440. The molecule has 0 amide bonds. The zero-order valence-electron chi connectivity index (χ0n) is 10.0. The molecule has 96 valence electrons. The van der Waals surface area contributed by atoms with Gasteiger partial charge in [-0.2, -0.15) is 0 Å². The average molecular weight is 258 g/mol. The highest BCUT2D eigenvalue weighted by molar-refractivity contribution is 7.89. The first-order valence-electron chi connectivity index (χ1n) is 5.38. The summed E-state index contributed by atoms with van der Waals surface area (Å²) in [6.07, 6.45) is 0. The molecule has 0 aliphatic carbocycles. The van der Waals surface area contributed by atoms with Gasteiger partial charge in [0.1, 0.15) is 0 Å². The van der Waals surface area contributed by atoms with Gasteiger partial charge in [-0.1, -0.05) is 26.0 Å². The van der Waals surface area contributed by atoms with Crippen LogP contribution in [0.3, 0.4) is 0 Å². The minimum Gasteiger partial charge on any atom is -0.303 e. The average Bonchev–Trinajstić information content (AvgIpc) is 2.29. The lowest BCUT2D eigenvalue weighted by atomic mass is 10.0. The largest absolute Gasteiger partial charge is 0.303 e. The quantitative estimate of drug-likeness (QED) is 0.588. The number of sulfonamides is 1. The van der Waals surface area contributed by atoms with Gasteiger partial charge in [-0.25, -0.2) is 19.0 Å². The highest BCUT2D eigenvalue weighted by Crippen LogP contribution is 2.16. The zero-order chi connectivity index (χ0) is 12.9. The Kier molecular flexibility index (Phi) is 5.07. The number of rotatable bonds is 6. The van der Waals surface area contributed by atoms with Gasteiger partial charge in [-0.3, -0.25) is 0 Å². The third kappa shape index (κ3) is 4.08. The van der Waals surface area contributed by atoms with Gasteiger partial charge in [-0.15, -0.1) is 0 Å². The summed E-state index contributed by atoms with van der Waals surface area (Å²) >= 11 is 0. The van der Waals surface area contributed by atoms with E-state index in [1.807, 2.05) is 12.1 Å². The Hall–Kier alpha value is -0.950. The number of hydrogen-bond donors (Lipinski definition) is 2. The smallest absolute Gasteiger partial charge is 0.240 e. The van der Waals surface area contributed by atoms with Crippen LogP contribution >= 0.6 is 0 Å². The van der Waals surface area contributed by atoms with E-state index in [0.717, 1.165) is 5.56 Å². The molecule has 0 saturated carbocycles. The van der Waals surface area contributed by atoms with E-state index < -0.39 is 10.0 Å². The molecule has 0 aromatic heterocycles. The third-order valence-corrected chi connectivity index (χ3v) is 3.85. The van der Waals surface area contributed by atoms with Crippen molar-refractivity contribution in [2.75, 3.05) is 13.2 Å². The molecule has 0 aliphatic heterocycles.